The van der Waals surface area contributed by atoms with Crippen LogP contribution in [0, 0.1) is 0 Å². The molecule has 1 aliphatic rings. The van der Waals surface area contributed by atoms with Crippen molar-refractivity contribution >= 4 is 17.5 Å². The summed E-state index contributed by atoms with van der Waals surface area (Å²) in [4.78, 5) is 11.2. The molecule has 0 unspecified atom stereocenters. The number of aliphatic hydroxyl groups is 1. The van der Waals surface area contributed by atoms with Gasteiger partial charge in [-0.05, 0) is 12.2 Å². The third kappa shape index (κ3) is 8.31. The van der Waals surface area contributed by atoms with Crippen molar-refractivity contribution in [3.8, 4) is 0 Å². The van der Waals surface area contributed by atoms with E-state index in [2.05, 4.69) is 6.92 Å². The second-order valence-electron chi connectivity index (χ2n) is 6.11. The molecular formula is C17H32O2S. The molecule has 1 aliphatic carbocycles. The van der Waals surface area contributed by atoms with Gasteiger partial charge in [0.25, 0.3) is 0 Å². The number of hydrogen-bond acceptors (Lipinski definition) is 3. The Morgan fingerprint density at radius 2 is 1.50 bits per heavy atom. The average Bonchev–Trinajstić information content (AvgIpc) is 2.74. The summed E-state index contributed by atoms with van der Waals surface area (Å²) >= 11 is 1.80. The van der Waals surface area contributed by atoms with Crippen molar-refractivity contribution in [1.29, 1.82) is 0 Å². The first-order valence-electron chi connectivity index (χ1n) is 8.55. The number of hydrogen-bond donors (Lipinski definition) is 1. The van der Waals surface area contributed by atoms with Crippen LogP contribution in [0.4, 0.5) is 0 Å². The Balaban J connectivity index is 1.80. The Kier molecular flexibility index (Phi) is 10.5. The van der Waals surface area contributed by atoms with Gasteiger partial charge >= 0.3 is 0 Å². The first kappa shape index (κ1) is 18.0. The van der Waals surface area contributed by atoms with Crippen molar-refractivity contribution in [2.75, 3.05) is 5.75 Å². The molecule has 0 heterocycles. The highest BCUT2D eigenvalue weighted by Crippen LogP contribution is 2.28. The summed E-state index contributed by atoms with van der Waals surface area (Å²) < 4.78 is 0. The van der Waals surface area contributed by atoms with Gasteiger partial charge < -0.3 is 5.11 Å². The van der Waals surface area contributed by atoms with Gasteiger partial charge in [-0.1, -0.05) is 64.7 Å². The van der Waals surface area contributed by atoms with E-state index < -0.39 is 0 Å². The Morgan fingerprint density at radius 3 is 2.00 bits per heavy atom. The van der Waals surface area contributed by atoms with Crippen LogP contribution >= 0.6 is 11.8 Å². The lowest BCUT2D eigenvalue weighted by molar-refractivity contribution is -0.117. The molecule has 2 nitrogen and oxygen atoms in total. The Morgan fingerprint density at radius 1 is 0.950 bits per heavy atom. The maximum atomic E-state index is 11.2. The average molecular weight is 301 g/mol. The predicted molar refractivity (Wildman–Crippen MR) is 88.3 cm³/mol. The van der Waals surface area contributed by atoms with E-state index in [1.165, 1.54) is 64.2 Å². The first-order chi connectivity index (χ1) is 9.74. The maximum Gasteiger partial charge on any atom is 0.136 e. The third-order valence-electron chi connectivity index (χ3n) is 4.12. The maximum absolute atomic E-state index is 11.2. The SMILES string of the molecule is CCCCCCCCCCCCS[C@H]1CC(=O)C[C@H]1O. The summed E-state index contributed by atoms with van der Waals surface area (Å²) in [5.74, 6) is 1.34. The molecule has 0 bridgehead atoms. The molecule has 0 spiro atoms. The van der Waals surface area contributed by atoms with Gasteiger partial charge in [0, 0.05) is 18.1 Å². The van der Waals surface area contributed by atoms with Gasteiger partial charge in [-0.15, -0.1) is 0 Å². The highest BCUT2D eigenvalue weighted by Gasteiger charge is 2.31. The number of carbonyl (C=O) groups excluding carboxylic acids is 1. The van der Waals surface area contributed by atoms with Gasteiger partial charge in [-0.25, -0.2) is 0 Å². The zero-order valence-electron chi connectivity index (χ0n) is 13.1. The van der Waals surface area contributed by atoms with Crippen molar-refractivity contribution < 1.29 is 9.90 Å². The number of thioether (sulfide) groups is 1. The van der Waals surface area contributed by atoms with Crippen LogP contribution in [0.25, 0.3) is 0 Å². The summed E-state index contributed by atoms with van der Waals surface area (Å²) in [5.41, 5.74) is 0. The van der Waals surface area contributed by atoms with Gasteiger partial charge in [-0.2, -0.15) is 11.8 Å². The zero-order valence-corrected chi connectivity index (χ0v) is 13.9. The molecule has 1 fully saturated rings. The third-order valence-corrected chi connectivity index (χ3v) is 5.56. The van der Waals surface area contributed by atoms with Crippen molar-refractivity contribution in [1.82, 2.24) is 0 Å². The Hall–Kier alpha value is -0.0200. The predicted octanol–water partition coefficient (Wildman–Crippen LogP) is 4.73. The Bertz CT molecular complexity index is 255. The van der Waals surface area contributed by atoms with Gasteiger partial charge in [0.1, 0.15) is 5.78 Å². The Labute approximate surface area is 129 Å². The molecule has 0 aromatic rings. The smallest absolute Gasteiger partial charge is 0.136 e. The lowest BCUT2D eigenvalue weighted by Crippen LogP contribution is -2.15. The van der Waals surface area contributed by atoms with Gasteiger partial charge in [0.2, 0.25) is 0 Å². The van der Waals surface area contributed by atoms with Crippen LogP contribution in [0.5, 0.6) is 0 Å². The molecule has 118 valence electrons. The van der Waals surface area contributed by atoms with E-state index in [1.54, 1.807) is 11.8 Å². The number of aliphatic hydroxyl groups excluding tert-OH is 1. The molecule has 0 radical (unpaired) electrons. The molecule has 1 saturated carbocycles. The van der Waals surface area contributed by atoms with E-state index >= 15 is 0 Å². The van der Waals surface area contributed by atoms with E-state index in [4.69, 9.17) is 0 Å². The van der Waals surface area contributed by atoms with E-state index in [0.29, 0.717) is 12.8 Å². The standard InChI is InChI=1S/C17H32O2S/c1-2-3-4-5-6-7-8-9-10-11-12-20-17-14-15(18)13-16(17)19/h16-17,19H,2-14H2,1H3/t16-,17+/m1/s1. The molecule has 20 heavy (non-hydrogen) atoms. The number of carbonyl (C=O) groups is 1. The molecule has 1 N–H and O–H groups in total. The summed E-state index contributed by atoms with van der Waals surface area (Å²) in [6, 6.07) is 0. The highest BCUT2D eigenvalue weighted by molar-refractivity contribution is 8.00. The van der Waals surface area contributed by atoms with E-state index in [1.807, 2.05) is 0 Å². The van der Waals surface area contributed by atoms with Crippen LogP contribution in [0.15, 0.2) is 0 Å². The molecule has 0 amide bonds. The lowest BCUT2D eigenvalue weighted by Gasteiger charge is -2.12. The van der Waals surface area contributed by atoms with E-state index in [0.717, 1.165) is 5.75 Å². The number of Topliss-reactive ketones (excluding diaryl/α,β-unsaturated/α-hetero) is 1. The van der Waals surface area contributed by atoms with Crippen molar-refractivity contribution in [2.24, 2.45) is 0 Å². The van der Waals surface area contributed by atoms with Crippen LogP contribution in [0.2, 0.25) is 0 Å². The quantitative estimate of drug-likeness (QED) is 0.529. The van der Waals surface area contributed by atoms with Crippen LogP contribution in [0.1, 0.15) is 84.0 Å². The largest absolute Gasteiger partial charge is 0.392 e. The topological polar surface area (TPSA) is 37.3 Å². The molecule has 3 heteroatoms. The monoisotopic (exact) mass is 300 g/mol. The minimum absolute atomic E-state index is 0.182. The second kappa shape index (κ2) is 11.6. The fourth-order valence-corrected chi connectivity index (χ4v) is 4.10. The van der Waals surface area contributed by atoms with Gasteiger partial charge in [0.15, 0.2) is 0 Å². The summed E-state index contributed by atoms with van der Waals surface area (Å²) in [6.07, 6.45) is 14.2. The molecule has 2 atom stereocenters. The molecule has 0 aliphatic heterocycles. The molecule has 1 rings (SSSR count). The molecular weight excluding hydrogens is 268 g/mol. The fourth-order valence-electron chi connectivity index (χ4n) is 2.80. The zero-order chi connectivity index (χ0) is 14.6. The van der Waals surface area contributed by atoms with Crippen LogP contribution < -0.4 is 0 Å². The summed E-state index contributed by atoms with van der Waals surface area (Å²) in [6.45, 7) is 2.26. The minimum Gasteiger partial charge on any atom is -0.392 e. The van der Waals surface area contributed by atoms with Gasteiger partial charge in [-0.3, -0.25) is 4.79 Å². The lowest BCUT2D eigenvalue weighted by atomic mass is 10.1. The summed E-state index contributed by atoms with van der Waals surface area (Å²) in [5, 5.41) is 9.86. The normalized spacial score (nSPS) is 22.6. The second-order valence-corrected chi connectivity index (χ2v) is 7.45. The summed E-state index contributed by atoms with van der Waals surface area (Å²) in [7, 11) is 0. The highest BCUT2D eigenvalue weighted by atomic mass is 32.2. The van der Waals surface area contributed by atoms with Crippen LogP contribution in [-0.4, -0.2) is 28.0 Å². The molecule has 0 saturated heterocycles. The van der Waals surface area contributed by atoms with Crippen LogP contribution in [-0.2, 0) is 4.79 Å². The van der Waals surface area contributed by atoms with Crippen molar-refractivity contribution in [3.63, 3.8) is 0 Å². The number of rotatable bonds is 12. The fraction of sp³-hybridized carbons (Fsp3) is 0.941. The van der Waals surface area contributed by atoms with Crippen molar-refractivity contribution in [3.05, 3.63) is 0 Å². The van der Waals surface area contributed by atoms with Gasteiger partial charge in [0.05, 0.1) is 6.10 Å². The first-order valence-corrected chi connectivity index (χ1v) is 9.60. The minimum atomic E-state index is -0.379. The van der Waals surface area contributed by atoms with E-state index in [9.17, 15) is 9.90 Å². The molecule has 0 aromatic carbocycles. The molecule has 0 aromatic heterocycles. The van der Waals surface area contributed by atoms with E-state index in [-0.39, 0.29) is 17.1 Å². The number of unbranched alkanes of at least 4 members (excludes halogenated alkanes) is 9. The van der Waals surface area contributed by atoms with Crippen molar-refractivity contribution in [2.45, 2.75) is 95.3 Å². The van der Waals surface area contributed by atoms with Crippen LogP contribution in [0.3, 0.4) is 0 Å². The number of ketones is 1.